The second-order valence-corrected chi connectivity index (χ2v) is 4.72. The predicted octanol–water partition coefficient (Wildman–Crippen LogP) is 2.77. The highest BCUT2D eigenvalue weighted by Crippen LogP contribution is 2.29. The van der Waals surface area contributed by atoms with E-state index in [2.05, 4.69) is 14.7 Å². The van der Waals surface area contributed by atoms with Gasteiger partial charge in [-0.05, 0) is 18.8 Å². The van der Waals surface area contributed by atoms with Gasteiger partial charge in [0.1, 0.15) is 0 Å². The maximum absolute atomic E-state index is 12.3. The van der Waals surface area contributed by atoms with E-state index in [4.69, 9.17) is 5.11 Å². The quantitative estimate of drug-likeness (QED) is 0.808. The van der Waals surface area contributed by atoms with E-state index in [0.717, 1.165) is 12.8 Å². The van der Waals surface area contributed by atoms with Crippen LogP contribution < -0.4 is 5.32 Å². The average Bonchev–Trinajstić information content (AvgIpc) is 2.75. The monoisotopic (exact) mass is 283 g/mol. The highest BCUT2D eigenvalue weighted by atomic mass is 32.1. The molecule has 0 aromatic carbocycles. The van der Waals surface area contributed by atoms with Gasteiger partial charge >= 0.3 is 6.18 Å². The van der Waals surface area contributed by atoms with E-state index in [1.54, 1.807) is 0 Å². The molecule has 18 heavy (non-hydrogen) atoms. The smallest absolute Gasteiger partial charge is 0.396 e. The van der Waals surface area contributed by atoms with Gasteiger partial charge in [-0.25, -0.2) is 0 Å². The van der Waals surface area contributed by atoms with Crippen molar-refractivity contribution in [3.63, 3.8) is 0 Å². The molecule has 0 fully saturated rings. The van der Waals surface area contributed by atoms with Crippen molar-refractivity contribution in [2.24, 2.45) is 5.92 Å². The molecule has 0 radical (unpaired) electrons. The largest absolute Gasteiger partial charge is 0.452 e. The first-order valence-corrected chi connectivity index (χ1v) is 6.50. The SMILES string of the molecule is CCCC(CCO)CNc1nc(C(F)(F)F)ns1. The number of hydrogen-bond acceptors (Lipinski definition) is 5. The molecule has 1 atom stereocenters. The Morgan fingerprint density at radius 1 is 1.39 bits per heavy atom. The zero-order chi connectivity index (χ0) is 13.6. The third-order valence-electron chi connectivity index (χ3n) is 2.46. The minimum atomic E-state index is -4.50. The van der Waals surface area contributed by atoms with E-state index in [9.17, 15) is 13.2 Å². The van der Waals surface area contributed by atoms with E-state index < -0.39 is 12.0 Å². The van der Waals surface area contributed by atoms with Crippen LogP contribution in [0.25, 0.3) is 0 Å². The fraction of sp³-hybridized carbons (Fsp3) is 0.800. The van der Waals surface area contributed by atoms with Crippen molar-refractivity contribution in [2.45, 2.75) is 32.4 Å². The molecule has 0 saturated carbocycles. The third-order valence-corrected chi connectivity index (χ3v) is 3.13. The maximum atomic E-state index is 12.3. The number of anilines is 1. The molecule has 0 aliphatic carbocycles. The minimum absolute atomic E-state index is 0.0796. The van der Waals surface area contributed by atoms with E-state index in [1.807, 2.05) is 6.92 Å². The van der Waals surface area contributed by atoms with Crippen molar-refractivity contribution in [3.8, 4) is 0 Å². The number of aliphatic hydroxyl groups is 1. The summed E-state index contributed by atoms with van der Waals surface area (Å²) in [6, 6.07) is 0. The number of hydrogen-bond donors (Lipinski definition) is 2. The molecule has 0 bridgehead atoms. The number of nitrogens with zero attached hydrogens (tertiary/aromatic N) is 2. The van der Waals surface area contributed by atoms with Crippen molar-refractivity contribution in [2.75, 3.05) is 18.5 Å². The summed E-state index contributed by atoms with van der Waals surface area (Å²) in [5.41, 5.74) is 0. The van der Waals surface area contributed by atoms with Crippen LogP contribution in [0, 0.1) is 5.92 Å². The van der Waals surface area contributed by atoms with E-state index in [1.165, 1.54) is 0 Å². The zero-order valence-corrected chi connectivity index (χ0v) is 10.8. The fourth-order valence-corrected chi connectivity index (χ4v) is 2.17. The second kappa shape index (κ2) is 6.89. The Hall–Kier alpha value is -0.890. The molecule has 2 N–H and O–H groups in total. The highest BCUT2D eigenvalue weighted by Gasteiger charge is 2.36. The van der Waals surface area contributed by atoms with Crippen LogP contribution in [0.4, 0.5) is 18.3 Å². The second-order valence-electron chi connectivity index (χ2n) is 3.97. The van der Waals surface area contributed by atoms with Crippen LogP contribution in [0.3, 0.4) is 0 Å². The van der Waals surface area contributed by atoms with Crippen molar-refractivity contribution in [1.82, 2.24) is 9.36 Å². The van der Waals surface area contributed by atoms with Gasteiger partial charge in [-0.15, -0.1) is 0 Å². The van der Waals surface area contributed by atoms with Crippen molar-refractivity contribution in [1.29, 1.82) is 0 Å². The Morgan fingerprint density at radius 2 is 2.11 bits per heavy atom. The molecule has 0 aliphatic heterocycles. The first kappa shape index (κ1) is 15.2. The number of halogens is 3. The molecular formula is C10H16F3N3OS. The van der Waals surface area contributed by atoms with Gasteiger partial charge in [-0.2, -0.15) is 22.5 Å². The van der Waals surface area contributed by atoms with E-state index in [0.29, 0.717) is 24.5 Å². The molecule has 1 aromatic heterocycles. The maximum Gasteiger partial charge on any atom is 0.452 e. The van der Waals surface area contributed by atoms with Crippen LogP contribution in [0.15, 0.2) is 0 Å². The molecular weight excluding hydrogens is 267 g/mol. The molecule has 1 rings (SSSR count). The lowest BCUT2D eigenvalue weighted by molar-refractivity contribution is -0.144. The third kappa shape index (κ3) is 4.77. The lowest BCUT2D eigenvalue weighted by Crippen LogP contribution is -2.16. The first-order valence-electron chi connectivity index (χ1n) is 5.73. The topological polar surface area (TPSA) is 58.0 Å². The molecule has 0 saturated heterocycles. The number of rotatable bonds is 7. The average molecular weight is 283 g/mol. The van der Waals surface area contributed by atoms with Crippen LogP contribution >= 0.6 is 11.5 Å². The van der Waals surface area contributed by atoms with Crippen LogP contribution in [0.2, 0.25) is 0 Å². The van der Waals surface area contributed by atoms with Crippen LogP contribution in [0.5, 0.6) is 0 Å². The summed E-state index contributed by atoms with van der Waals surface area (Å²) in [4.78, 5) is 3.38. The van der Waals surface area contributed by atoms with Crippen LogP contribution in [0.1, 0.15) is 32.0 Å². The van der Waals surface area contributed by atoms with Gasteiger partial charge in [0.15, 0.2) is 0 Å². The molecule has 8 heteroatoms. The number of nitrogens with one attached hydrogen (secondary N) is 1. The summed E-state index contributed by atoms with van der Waals surface area (Å²) < 4.78 is 40.0. The Balaban J connectivity index is 2.49. The normalized spacial score (nSPS) is 13.6. The molecule has 1 unspecified atom stereocenters. The molecule has 1 aromatic rings. The molecule has 1 heterocycles. The summed E-state index contributed by atoms with van der Waals surface area (Å²) in [5.74, 6) is -0.873. The van der Waals surface area contributed by atoms with Crippen molar-refractivity contribution >= 4 is 16.7 Å². The molecule has 0 amide bonds. The van der Waals surface area contributed by atoms with Crippen molar-refractivity contribution in [3.05, 3.63) is 5.82 Å². The summed E-state index contributed by atoms with van der Waals surface area (Å²) >= 11 is 0.700. The predicted molar refractivity (Wildman–Crippen MR) is 63.5 cm³/mol. The Morgan fingerprint density at radius 3 is 2.61 bits per heavy atom. The number of aliphatic hydroxyl groups excluding tert-OH is 1. The lowest BCUT2D eigenvalue weighted by atomic mass is 10.0. The van der Waals surface area contributed by atoms with Gasteiger partial charge < -0.3 is 10.4 Å². The summed E-state index contributed by atoms with van der Waals surface area (Å²) in [6.07, 6.45) is -1.98. The Labute approximate surface area is 107 Å². The lowest BCUT2D eigenvalue weighted by Gasteiger charge is -2.14. The van der Waals surface area contributed by atoms with E-state index >= 15 is 0 Å². The van der Waals surface area contributed by atoms with Gasteiger partial charge in [0.25, 0.3) is 0 Å². The van der Waals surface area contributed by atoms with Crippen molar-refractivity contribution < 1.29 is 18.3 Å². The van der Waals surface area contributed by atoms with Gasteiger partial charge in [0.2, 0.25) is 11.0 Å². The Bertz CT molecular complexity index is 350. The van der Waals surface area contributed by atoms with Gasteiger partial charge in [0, 0.05) is 24.7 Å². The highest BCUT2D eigenvalue weighted by molar-refractivity contribution is 7.09. The van der Waals surface area contributed by atoms with Gasteiger partial charge in [0.05, 0.1) is 0 Å². The zero-order valence-electron chi connectivity index (χ0n) is 10.00. The fourth-order valence-electron chi connectivity index (χ4n) is 1.58. The molecule has 0 aliphatic rings. The molecule has 4 nitrogen and oxygen atoms in total. The minimum Gasteiger partial charge on any atom is -0.396 e. The summed E-state index contributed by atoms with van der Waals surface area (Å²) in [6.45, 7) is 2.61. The van der Waals surface area contributed by atoms with Crippen LogP contribution in [-0.2, 0) is 6.18 Å². The Kier molecular flexibility index (Phi) is 5.80. The number of alkyl halides is 3. The molecule has 0 spiro atoms. The standard InChI is InChI=1S/C10H16F3N3OS/c1-2-3-7(4-5-17)6-14-9-15-8(16-18-9)10(11,12)13/h7,17H,2-6H2,1H3,(H,14,15,16). The van der Waals surface area contributed by atoms with Crippen LogP contribution in [-0.4, -0.2) is 27.6 Å². The van der Waals surface area contributed by atoms with E-state index in [-0.39, 0.29) is 17.7 Å². The number of aromatic nitrogens is 2. The summed E-state index contributed by atoms with van der Waals surface area (Å²) in [5, 5.41) is 11.9. The van der Waals surface area contributed by atoms with Gasteiger partial charge in [-0.3, -0.25) is 0 Å². The first-order chi connectivity index (χ1) is 8.47. The molecule has 104 valence electrons. The van der Waals surface area contributed by atoms with Gasteiger partial charge in [-0.1, -0.05) is 13.3 Å². The summed E-state index contributed by atoms with van der Waals surface area (Å²) in [7, 11) is 0.